The van der Waals surface area contributed by atoms with Gasteiger partial charge in [-0.25, -0.2) is 12.8 Å². The van der Waals surface area contributed by atoms with Crippen LogP contribution in [0.25, 0.3) is 0 Å². The Bertz CT molecular complexity index is 535. The van der Waals surface area contributed by atoms with Crippen molar-refractivity contribution in [1.82, 2.24) is 0 Å². The summed E-state index contributed by atoms with van der Waals surface area (Å²) in [5.41, 5.74) is 0.923. The zero-order chi connectivity index (χ0) is 13.4. The normalized spacial score (nSPS) is 12.6. The lowest BCUT2D eigenvalue weighted by Crippen LogP contribution is -2.33. The topological polar surface area (TPSA) is 46.2 Å². The molecule has 0 atom stereocenters. The van der Waals surface area contributed by atoms with Crippen LogP contribution in [-0.2, 0) is 10.0 Å². The quantitative estimate of drug-likeness (QED) is 0.906. The Labute approximate surface area is 110 Å². The van der Waals surface area contributed by atoms with Crippen molar-refractivity contribution in [1.29, 1.82) is 0 Å². The van der Waals surface area contributed by atoms with Gasteiger partial charge in [0.15, 0.2) is 0 Å². The van der Waals surface area contributed by atoms with Gasteiger partial charge in [0.25, 0.3) is 0 Å². The summed E-state index contributed by atoms with van der Waals surface area (Å²) in [6.07, 6.45) is 0. The molecule has 0 aliphatic carbocycles. The summed E-state index contributed by atoms with van der Waals surface area (Å²) < 4.78 is 39.0. The first kappa shape index (κ1) is 14.4. The van der Waals surface area contributed by atoms with Crippen molar-refractivity contribution in [3.05, 3.63) is 28.0 Å². The SMILES string of the molecule is Cc1cc(Br)c(F)cc1NS(=O)(=O)C(C)(C)C. The lowest BCUT2D eigenvalue weighted by atomic mass is 10.2. The zero-order valence-corrected chi connectivity index (χ0v) is 12.5. The van der Waals surface area contributed by atoms with Gasteiger partial charge in [0.1, 0.15) is 5.82 Å². The van der Waals surface area contributed by atoms with E-state index in [9.17, 15) is 12.8 Å². The Hall–Kier alpha value is -0.620. The maximum absolute atomic E-state index is 13.3. The van der Waals surface area contributed by atoms with Gasteiger partial charge >= 0.3 is 0 Å². The van der Waals surface area contributed by atoms with E-state index >= 15 is 0 Å². The molecule has 0 aromatic heterocycles. The lowest BCUT2D eigenvalue weighted by molar-refractivity contribution is 0.566. The van der Waals surface area contributed by atoms with Crippen LogP contribution in [-0.4, -0.2) is 13.2 Å². The fraction of sp³-hybridized carbons (Fsp3) is 0.455. The minimum Gasteiger partial charge on any atom is -0.283 e. The fourth-order valence-corrected chi connectivity index (χ4v) is 2.33. The van der Waals surface area contributed by atoms with Crippen LogP contribution in [0.3, 0.4) is 0 Å². The molecular weight excluding hydrogens is 309 g/mol. The molecule has 96 valence electrons. The number of benzene rings is 1. The van der Waals surface area contributed by atoms with Gasteiger partial charge in [-0.3, -0.25) is 4.72 Å². The molecule has 1 aromatic rings. The second-order valence-electron chi connectivity index (χ2n) is 4.80. The maximum atomic E-state index is 13.3. The van der Waals surface area contributed by atoms with Crippen LogP contribution in [0.5, 0.6) is 0 Å². The highest BCUT2D eigenvalue weighted by molar-refractivity contribution is 9.10. The van der Waals surface area contributed by atoms with Crippen LogP contribution >= 0.6 is 15.9 Å². The van der Waals surface area contributed by atoms with Gasteiger partial charge in [-0.05, 0) is 61.3 Å². The molecule has 0 amide bonds. The number of anilines is 1. The molecule has 1 N–H and O–H groups in total. The van der Waals surface area contributed by atoms with E-state index in [-0.39, 0.29) is 5.69 Å². The number of aryl methyl sites for hydroxylation is 1. The number of hydrogen-bond acceptors (Lipinski definition) is 2. The van der Waals surface area contributed by atoms with Crippen LogP contribution in [0.2, 0.25) is 0 Å². The van der Waals surface area contributed by atoms with Crippen molar-refractivity contribution < 1.29 is 12.8 Å². The summed E-state index contributed by atoms with van der Waals surface area (Å²) in [5, 5.41) is 0. The molecule has 0 saturated heterocycles. The van der Waals surface area contributed by atoms with Gasteiger partial charge in [0.05, 0.1) is 14.9 Å². The summed E-state index contributed by atoms with van der Waals surface area (Å²) in [4.78, 5) is 0. The first-order valence-corrected chi connectivity index (χ1v) is 7.30. The van der Waals surface area contributed by atoms with E-state index in [1.807, 2.05) is 0 Å². The van der Waals surface area contributed by atoms with Crippen molar-refractivity contribution in [2.45, 2.75) is 32.4 Å². The molecule has 0 aliphatic heterocycles. The largest absolute Gasteiger partial charge is 0.283 e. The highest BCUT2D eigenvalue weighted by Crippen LogP contribution is 2.27. The third-order valence-electron chi connectivity index (χ3n) is 2.32. The lowest BCUT2D eigenvalue weighted by Gasteiger charge is -2.21. The minimum atomic E-state index is -3.53. The molecule has 0 saturated carbocycles. The van der Waals surface area contributed by atoms with Crippen molar-refractivity contribution in [2.24, 2.45) is 0 Å². The summed E-state index contributed by atoms with van der Waals surface area (Å²) in [7, 11) is -3.53. The van der Waals surface area contributed by atoms with E-state index in [1.165, 1.54) is 12.1 Å². The van der Waals surface area contributed by atoms with Crippen molar-refractivity contribution >= 4 is 31.6 Å². The Balaban J connectivity index is 3.18. The number of sulfonamides is 1. The summed E-state index contributed by atoms with van der Waals surface area (Å²) >= 11 is 3.05. The Morgan fingerprint density at radius 1 is 1.29 bits per heavy atom. The number of hydrogen-bond donors (Lipinski definition) is 1. The minimum absolute atomic E-state index is 0.264. The van der Waals surface area contributed by atoms with Crippen LogP contribution in [0, 0.1) is 12.7 Å². The van der Waals surface area contributed by atoms with Crippen LogP contribution < -0.4 is 4.72 Å². The fourth-order valence-electron chi connectivity index (χ4n) is 1.05. The molecule has 17 heavy (non-hydrogen) atoms. The van der Waals surface area contributed by atoms with Gasteiger partial charge in [0, 0.05) is 0 Å². The second-order valence-corrected chi connectivity index (χ2v) is 8.09. The summed E-state index contributed by atoms with van der Waals surface area (Å²) in [6.45, 7) is 6.46. The average molecular weight is 324 g/mol. The molecule has 6 heteroatoms. The summed E-state index contributed by atoms with van der Waals surface area (Å²) in [6, 6.07) is 2.71. The van der Waals surface area contributed by atoms with Gasteiger partial charge in [-0.1, -0.05) is 0 Å². The zero-order valence-electron chi connectivity index (χ0n) is 10.1. The molecule has 0 spiro atoms. The molecular formula is C11H15BrFNO2S. The van der Waals surface area contributed by atoms with Crippen LogP contribution in [0.1, 0.15) is 26.3 Å². The molecule has 0 radical (unpaired) electrons. The molecule has 0 aliphatic rings. The van der Waals surface area contributed by atoms with E-state index in [2.05, 4.69) is 20.7 Å². The second kappa shape index (κ2) is 4.57. The van der Waals surface area contributed by atoms with Crippen molar-refractivity contribution in [2.75, 3.05) is 4.72 Å². The van der Waals surface area contributed by atoms with Crippen LogP contribution in [0.15, 0.2) is 16.6 Å². The third-order valence-corrected chi connectivity index (χ3v) is 5.03. The third kappa shape index (κ3) is 3.19. The molecule has 1 rings (SSSR count). The molecule has 0 heterocycles. The van der Waals surface area contributed by atoms with Gasteiger partial charge < -0.3 is 0 Å². The predicted molar refractivity (Wildman–Crippen MR) is 71.1 cm³/mol. The predicted octanol–water partition coefficient (Wildman–Crippen LogP) is 3.44. The highest BCUT2D eigenvalue weighted by atomic mass is 79.9. The monoisotopic (exact) mass is 323 g/mol. The molecule has 3 nitrogen and oxygen atoms in total. The molecule has 0 fully saturated rings. The maximum Gasteiger partial charge on any atom is 0.237 e. The van der Waals surface area contributed by atoms with Crippen molar-refractivity contribution in [3.8, 4) is 0 Å². The highest BCUT2D eigenvalue weighted by Gasteiger charge is 2.29. The molecule has 0 bridgehead atoms. The number of rotatable bonds is 2. The first-order valence-electron chi connectivity index (χ1n) is 5.02. The van der Waals surface area contributed by atoms with Gasteiger partial charge in [-0.15, -0.1) is 0 Å². The first-order chi connectivity index (χ1) is 7.54. The smallest absolute Gasteiger partial charge is 0.237 e. The van der Waals surface area contributed by atoms with E-state index in [4.69, 9.17) is 0 Å². The van der Waals surface area contributed by atoms with E-state index < -0.39 is 20.6 Å². The average Bonchev–Trinajstić information content (AvgIpc) is 2.12. The number of halogens is 2. The van der Waals surface area contributed by atoms with Crippen molar-refractivity contribution in [3.63, 3.8) is 0 Å². The Kier molecular flexibility index (Phi) is 3.88. The Morgan fingerprint density at radius 3 is 2.29 bits per heavy atom. The van der Waals surface area contributed by atoms with Gasteiger partial charge in [0.2, 0.25) is 10.0 Å². The van der Waals surface area contributed by atoms with E-state index in [1.54, 1.807) is 27.7 Å². The Morgan fingerprint density at radius 2 is 1.82 bits per heavy atom. The van der Waals surface area contributed by atoms with E-state index in [0.717, 1.165) is 0 Å². The van der Waals surface area contributed by atoms with Crippen LogP contribution in [0.4, 0.5) is 10.1 Å². The van der Waals surface area contributed by atoms with E-state index in [0.29, 0.717) is 10.0 Å². The number of nitrogens with one attached hydrogen (secondary N) is 1. The standard InChI is InChI=1S/C11H15BrFNO2S/c1-7-5-8(12)9(13)6-10(7)14-17(15,16)11(2,3)4/h5-6,14H,1-4H3. The van der Waals surface area contributed by atoms with Gasteiger partial charge in [-0.2, -0.15) is 0 Å². The summed E-state index contributed by atoms with van der Waals surface area (Å²) in [5.74, 6) is -0.498. The molecule has 0 unspecified atom stereocenters. The molecule has 1 aromatic carbocycles.